The number of nitrogens with zero attached hydrogens (tertiary/aromatic N) is 3. The molecule has 0 aromatic heterocycles. The maximum absolute atomic E-state index is 13.0. The van der Waals surface area contributed by atoms with Crippen molar-refractivity contribution in [1.82, 2.24) is 0 Å². The Kier molecular flexibility index (Phi) is 5.19. The van der Waals surface area contributed by atoms with E-state index in [4.69, 9.17) is 0 Å². The van der Waals surface area contributed by atoms with Gasteiger partial charge in [0.25, 0.3) is 0 Å². The zero-order valence-electron chi connectivity index (χ0n) is 18.1. The molecule has 1 amide bonds. The van der Waals surface area contributed by atoms with Crippen molar-refractivity contribution in [1.29, 1.82) is 0 Å². The summed E-state index contributed by atoms with van der Waals surface area (Å²) in [6.45, 7) is 4.09. The Labute approximate surface area is 187 Å². The first-order valence-corrected chi connectivity index (χ1v) is 12.1. The van der Waals surface area contributed by atoms with E-state index in [1.165, 1.54) is 55.2 Å². The average Bonchev–Trinajstić information content (AvgIpc) is 3.00. The number of hydrogen-bond donors (Lipinski definition) is 1. The van der Waals surface area contributed by atoms with Crippen LogP contribution in [0.2, 0.25) is 0 Å². The highest BCUT2D eigenvalue weighted by Crippen LogP contribution is 2.60. The summed E-state index contributed by atoms with van der Waals surface area (Å²) >= 11 is 1.21. The van der Waals surface area contributed by atoms with Gasteiger partial charge in [-0.1, -0.05) is 29.5 Å². The van der Waals surface area contributed by atoms with Gasteiger partial charge in [-0.3, -0.25) is 14.5 Å². The number of thioether (sulfide) groups is 1. The lowest BCUT2D eigenvalue weighted by atomic mass is 9.48. The number of carbonyl (C=O) groups excluding carboxylic acids is 1. The zero-order valence-corrected chi connectivity index (χ0v) is 18.9. The second kappa shape index (κ2) is 7.76. The van der Waals surface area contributed by atoms with Crippen molar-refractivity contribution in [3.63, 3.8) is 0 Å². The van der Waals surface area contributed by atoms with Crippen LogP contribution in [0.4, 0.5) is 5.69 Å². The summed E-state index contributed by atoms with van der Waals surface area (Å²) in [4.78, 5) is 25.8. The molecule has 0 spiro atoms. The second-order valence-electron chi connectivity index (χ2n) is 9.98. The zero-order chi connectivity index (χ0) is 21.8. The number of amidine groups is 1. The van der Waals surface area contributed by atoms with Gasteiger partial charge in [-0.2, -0.15) is 5.10 Å². The lowest BCUT2D eigenvalue weighted by Gasteiger charge is -2.56. The SMILES string of the molecule is C/C(=N/N=C1\S[C@@H](CC(=O)O)C(=O)N1c1ccc(C)cc1)C12CC3CC(CC(C3)C1)C2. The number of aliphatic carboxylic acids is 1. The van der Waals surface area contributed by atoms with Crippen LogP contribution in [-0.2, 0) is 9.59 Å². The first-order valence-electron chi connectivity index (χ1n) is 11.2. The molecule has 0 unspecified atom stereocenters. The molecule has 7 heteroatoms. The van der Waals surface area contributed by atoms with Gasteiger partial charge in [-0.05, 0) is 82.3 Å². The molecule has 6 nitrogen and oxygen atoms in total. The molecular formula is C24H29N3O3S. The molecule has 4 aliphatic carbocycles. The smallest absolute Gasteiger partial charge is 0.305 e. The third kappa shape index (κ3) is 3.81. The van der Waals surface area contributed by atoms with Gasteiger partial charge in [0.1, 0.15) is 5.25 Å². The number of rotatable bonds is 5. The normalized spacial score (nSPS) is 35.9. The number of benzene rings is 1. The van der Waals surface area contributed by atoms with Crippen LogP contribution in [0, 0.1) is 30.1 Å². The Hall–Kier alpha value is -2.15. The highest BCUT2D eigenvalue weighted by molar-refractivity contribution is 8.16. The van der Waals surface area contributed by atoms with Crippen LogP contribution in [0.5, 0.6) is 0 Å². The topological polar surface area (TPSA) is 82.3 Å². The van der Waals surface area contributed by atoms with Crippen LogP contribution in [0.15, 0.2) is 34.5 Å². The summed E-state index contributed by atoms with van der Waals surface area (Å²) in [5, 5.41) is 18.3. The molecule has 31 heavy (non-hydrogen) atoms. The number of hydrogen-bond acceptors (Lipinski definition) is 5. The third-order valence-corrected chi connectivity index (χ3v) is 8.81. The van der Waals surface area contributed by atoms with E-state index in [1.54, 1.807) is 0 Å². The number of carboxylic acid groups (broad SMARTS) is 1. The Bertz CT molecular complexity index is 934. The molecule has 1 saturated heterocycles. The highest BCUT2D eigenvalue weighted by atomic mass is 32.2. The van der Waals surface area contributed by atoms with E-state index in [-0.39, 0.29) is 17.7 Å². The molecule has 5 aliphatic rings. The number of amides is 1. The summed E-state index contributed by atoms with van der Waals surface area (Å²) in [5.74, 6) is 1.27. The monoisotopic (exact) mass is 439 g/mol. The number of anilines is 1. The van der Waals surface area contributed by atoms with Gasteiger partial charge in [0.2, 0.25) is 5.91 Å². The second-order valence-corrected chi connectivity index (χ2v) is 11.1. The Morgan fingerprint density at radius 2 is 1.71 bits per heavy atom. The lowest BCUT2D eigenvalue weighted by molar-refractivity contribution is -0.138. The van der Waals surface area contributed by atoms with Crippen LogP contribution in [0.1, 0.15) is 57.4 Å². The molecule has 164 valence electrons. The Morgan fingerprint density at radius 3 is 2.26 bits per heavy atom. The van der Waals surface area contributed by atoms with Crippen LogP contribution in [-0.4, -0.2) is 33.1 Å². The van der Waals surface area contributed by atoms with Crippen molar-refractivity contribution >= 4 is 40.2 Å². The lowest BCUT2D eigenvalue weighted by Crippen LogP contribution is -2.49. The predicted molar refractivity (Wildman–Crippen MR) is 123 cm³/mol. The molecule has 4 saturated carbocycles. The van der Waals surface area contributed by atoms with Gasteiger partial charge in [-0.15, -0.1) is 5.10 Å². The number of carbonyl (C=O) groups is 2. The molecule has 1 atom stereocenters. The van der Waals surface area contributed by atoms with E-state index in [9.17, 15) is 14.7 Å². The first kappa shape index (κ1) is 20.7. The minimum absolute atomic E-state index is 0.168. The molecule has 1 aromatic rings. The van der Waals surface area contributed by atoms with E-state index in [0.717, 1.165) is 29.0 Å². The molecule has 5 fully saturated rings. The summed E-state index contributed by atoms with van der Waals surface area (Å²) in [7, 11) is 0. The van der Waals surface area contributed by atoms with Crippen molar-refractivity contribution in [3.05, 3.63) is 29.8 Å². The first-order chi connectivity index (χ1) is 14.8. The van der Waals surface area contributed by atoms with E-state index in [0.29, 0.717) is 10.9 Å². The summed E-state index contributed by atoms with van der Waals surface area (Å²) in [6.07, 6.45) is 7.57. The molecular weight excluding hydrogens is 410 g/mol. The van der Waals surface area contributed by atoms with Crippen molar-refractivity contribution < 1.29 is 14.7 Å². The minimum Gasteiger partial charge on any atom is -0.481 e. The summed E-state index contributed by atoms with van der Waals surface area (Å²) in [6, 6.07) is 7.64. The van der Waals surface area contributed by atoms with Crippen molar-refractivity contribution in [2.75, 3.05) is 4.90 Å². The van der Waals surface area contributed by atoms with Gasteiger partial charge >= 0.3 is 5.97 Å². The maximum Gasteiger partial charge on any atom is 0.305 e. The average molecular weight is 440 g/mol. The van der Waals surface area contributed by atoms with Gasteiger partial charge < -0.3 is 5.11 Å². The van der Waals surface area contributed by atoms with Crippen molar-refractivity contribution in [2.45, 2.75) is 64.0 Å². The fourth-order valence-electron chi connectivity index (χ4n) is 6.53. The van der Waals surface area contributed by atoms with Crippen LogP contribution < -0.4 is 4.90 Å². The number of aryl methyl sites for hydroxylation is 1. The van der Waals surface area contributed by atoms with E-state index in [1.807, 2.05) is 31.2 Å². The fourth-order valence-corrected chi connectivity index (χ4v) is 7.61. The predicted octanol–water partition coefficient (Wildman–Crippen LogP) is 4.87. The van der Waals surface area contributed by atoms with E-state index < -0.39 is 11.2 Å². The fraction of sp³-hybridized carbons (Fsp3) is 0.583. The van der Waals surface area contributed by atoms with E-state index >= 15 is 0 Å². The van der Waals surface area contributed by atoms with Gasteiger partial charge in [0.05, 0.1) is 12.1 Å². The van der Waals surface area contributed by atoms with Crippen molar-refractivity contribution in [3.8, 4) is 0 Å². The quantitative estimate of drug-likeness (QED) is 0.524. The molecule has 0 radical (unpaired) electrons. The van der Waals surface area contributed by atoms with E-state index in [2.05, 4.69) is 17.1 Å². The standard InChI is InChI=1S/C24H29N3O3S/c1-14-3-5-19(6-4-14)27-22(30)20(10-21(28)29)31-23(27)26-25-15(2)24-11-16-7-17(12-24)9-18(8-16)13-24/h3-6,16-18,20H,7-13H2,1-2H3,(H,28,29)/b25-15-,26-23-/t16?,17?,18?,20-,24?/m0/s1. The molecule has 1 aromatic carbocycles. The number of carboxylic acids is 1. The van der Waals surface area contributed by atoms with Gasteiger partial charge in [0.15, 0.2) is 5.17 Å². The minimum atomic E-state index is -0.982. The molecule has 6 rings (SSSR count). The summed E-state index contributed by atoms with van der Waals surface area (Å²) < 4.78 is 0. The highest BCUT2D eigenvalue weighted by Gasteiger charge is 2.52. The van der Waals surface area contributed by atoms with Crippen molar-refractivity contribution in [2.24, 2.45) is 33.4 Å². The van der Waals surface area contributed by atoms with Crippen LogP contribution in [0.25, 0.3) is 0 Å². The molecule has 4 bridgehead atoms. The third-order valence-electron chi connectivity index (χ3n) is 7.68. The van der Waals surface area contributed by atoms with Crippen LogP contribution >= 0.6 is 11.8 Å². The molecule has 1 aliphatic heterocycles. The Balaban J connectivity index is 1.45. The Morgan fingerprint density at radius 1 is 1.13 bits per heavy atom. The van der Waals surface area contributed by atoms with Gasteiger partial charge in [0, 0.05) is 11.1 Å². The largest absolute Gasteiger partial charge is 0.481 e. The maximum atomic E-state index is 13.0. The van der Waals surface area contributed by atoms with Gasteiger partial charge in [-0.25, -0.2) is 0 Å². The van der Waals surface area contributed by atoms with Crippen LogP contribution in [0.3, 0.4) is 0 Å². The molecule has 1 N–H and O–H groups in total. The summed E-state index contributed by atoms with van der Waals surface area (Å²) in [5.41, 5.74) is 3.05. The molecule has 1 heterocycles.